The Labute approximate surface area is 167 Å². The van der Waals surface area contributed by atoms with E-state index in [1.807, 2.05) is 0 Å². The van der Waals surface area contributed by atoms with Gasteiger partial charge < -0.3 is 10.6 Å². The average molecular weight is 425 g/mol. The lowest BCUT2D eigenvalue weighted by Crippen LogP contribution is -2.37. The Morgan fingerprint density at radius 2 is 1.76 bits per heavy atom. The molecular weight excluding hydrogens is 404 g/mol. The van der Waals surface area contributed by atoms with E-state index < -0.39 is 40.0 Å². The van der Waals surface area contributed by atoms with Gasteiger partial charge in [0, 0.05) is 18.7 Å². The first-order chi connectivity index (χ1) is 13.6. The van der Waals surface area contributed by atoms with E-state index >= 15 is 0 Å². The van der Waals surface area contributed by atoms with Crippen molar-refractivity contribution >= 4 is 21.8 Å². The van der Waals surface area contributed by atoms with Crippen LogP contribution in [0.2, 0.25) is 0 Å². The first-order valence-corrected chi connectivity index (χ1v) is 10.2. The molecule has 10 heteroatoms. The van der Waals surface area contributed by atoms with E-state index in [0.717, 1.165) is 12.1 Å². The molecule has 0 unspecified atom stereocenters. The molecule has 0 atom stereocenters. The monoisotopic (exact) mass is 425 g/mol. The minimum atomic E-state index is -3.66. The molecule has 29 heavy (non-hydrogen) atoms. The largest absolute Gasteiger partial charge is 0.350 e. The van der Waals surface area contributed by atoms with Crippen LogP contribution in [0.3, 0.4) is 0 Å². The highest BCUT2D eigenvalue weighted by Crippen LogP contribution is 2.12. The van der Waals surface area contributed by atoms with Crippen molar-refractivity contribution in [1.82, 2.24) is 15.4 Å². The van der Waals surface area contributed by atoms with Crippen molar-refractivity contribution < 1.29 is 26.8 Å². The molecule has 0 saturated carbocycles. The number of hydrogen-bond acceptors (Lipinski definition) is 4. The molecule has 7 nitrogen and oxygen atoms in total. The molecule has 0 saturated heterocycles. The van der Waals surface area contributed by atoms with Gasteiger partial charge in [-0.15, -0.1) is 0 Å². The summed E-state index contributed by atoms with van der Waals surface area (Å²) in [6, 6.07) is 8.28. The van der Waals surface area contributed by atoms with Gasteiger partial charge in [-0.05, 0) is 43.7 Å². The predicted octanol–water partition coefficient (Wildman–Crippen LogP) is 1.70. The summed E-state index contributed by atoms with van der Waals surface area (Å²) in [4.78, 5) is 23.8. The van der Waals surface area contributed by atoms with Crippen LogP contribution in [0.4, 0.5) is 8.78 Å². The molecule has 2 amide bonds. The SMILES string of the molecule is CC(C)NS(=O)(=O)c1cccc(CNC(=O)CNC(=O)c2ccc(F)cc2F)c1. The highest BCUT2D eigenvalue weighted by Gasteiger charge is 2.16. The molecular formula is C19H21F2N3O4S. The molecule has 156 valence electrons. The molecule has 0 aromatic heterocycles. The maximum absolute atomic E-state index is 13.6. The second-order valence-electron chi connectivity index (χ2n) is 6.51. The molecule has 0 radical (unpaired) electrons. The maximum Gasteiger partial charge on any atom is 0.254 e. The van der Waals surface area contributed by atoms with Crippen LogP contribution in [0.1, 0.15) is 29.8 Å². The van der Waals surface area contributed by atoms with E-state index in [2.05, 4.69) is 15.4 Å². The van der Waals surface area contributed by atoms with Gasteiger partial charge in [0.2, 0.25) is 15.9 Å². The van der Waals surface area contributed by atoms with Crippen LogP contribution in [0.25, 0.3) is 0 Å². The molecule has 3 N–H and O–H groups in total. The van der Waals surface area contributed by atoms with Crippen LogP contribution in [-0.2, 0) is 21.4 Å². The number of hydrogen-bond donors (Lipinski definition) is 3. The normalized spacial score (nSPS) is 11.3. The molecule has 0 aliphatic heterocycles. The zero-order valence-corrected chi connectivity index (χ0v) is 16.6. The van der Waals surface area contributed by atoms with Crippen molar-refractivity contribution in [3.63, 3.8) is 0 Å². The van der Waals surface area contributed by atoms with Crippen molar-refractivity contribution in [2.75, 3.05) is 6.54 Å². The van der Waals surface area contributed by atoms with Gasteiger partial charge in [0.25, 0.3) is 5.91 Å². The summed E-state index contributed by atoms with van der Waals surface area (Å²) in [5.74, 6) is -3.26. The van der Waals surface area contributed by atoms with Crippen LogP contribution >= 0.6 is 0 Å². The van der Waals surface area contributed by atoms with Gasteiger partial charge in [0.15, 0.2) is 0 Å². The first kappa shape index (κ1) is 22.4. The van der Waals surface area contributed by atoms with Gasteiger partial charge in [0.1, 0.15) is 11.6 Å². The second-order valence-corrected chi connectivity index (χ2v) is 8.22. The van der Waals surface area contributed by atoms with E-state index in [9.17, 15) is 26.8 Å². The third kappa shape index (κ3) is 6.61. The van der Waals surface area contributed by atoms with Gasteiger partial charge in [0.05, 0.1) is 17.0 Å². The van der Waals surface area contributed by atoms with Crippen molar-refractivity contribution in [2.24, 2.45) is 0 Å². The Morgan fingerprint density at radius 3 is 2.41 bits per heavy atom. The zero-order valence-electron chi connectivity index (χ0n) is 15.8. The highest BCUT2D eigenvalue weighted by atomic mass is 32.2. The van der Waals surface area contributed by atoms with E-state index in [1.165, 1.54) is 12.1 Å². The van der Waals surface area contributed by atoms with Gasteiger partial charge in [-0.25, -0.2) is 21.9 Å². The zero-order chi connectivity index (χ0) is 21.6. The van der Waals surface area contributed by atoms with Crippen LogP contribution in [-0.4, -0.2) is 32.8 Å². The third-order valence-electron chi connectivity index (χ3n) is 3.67. The average Bonchev–Trinajstić information content (AvgIpc) is 2.63. The summed E-state index contributed by atoms with van der Waals surface area (Å²) in [5, 5.41) is 4.76. The fourth-order valence-corrected chi connectivity index (χ4v) is 3.71. The maximum atomic E-state index is 13.6. The van der Waals surface area contributed by atoms with E-state index in [4.69, 9.17) is 0 Å². The number of carbonyl (C=O) groups excluding carboxylic acids is 2. The first-order valence-electron chi connectivity index (χ1n) is 8.69. The Balaban J connectivity index is 1.91. The van der Waals surface area contributed by atoms with E-state index in [0.29, 0.717) is 11.6 Å². The number of nitrogens with one attached hydrogen (secondary N) is 3. The minimum Gasteiger partial charge on any atom is -0.350 e. The van der Waals surface area contributed by atoms with Gasteiger partial charge in [-0.2, -0.15) is 0 Å². The van der Waals surface area contributed by atoms with Gasteiger partial charge in [-0.3, -0.25) is 9.59 Å². The number of carbonyl (C=O) groups is 2. The number of benzene rings is 2. The fraction of sp³-hybridized carbons (Fsp3) is 0.263. The van der Waals surface area contributed by atoms with Gasteiger partial charge in [-0.1, -0.05) is 12.1 Å². The predicted molar refractivity (Wildman–Crippen MR) is 102 cm³/mol. The molecule has 0 bridgehead atoms. The Morgan fingerprint density at radius 1 is 1.03 bits per heavy atom. The van der Waals surface area contributed by atoms with Crippen molar-refractivity contribution in [3.8, 4) is 0 Å². The summed E-state index contributed by atoms with van der Waals surface area (Å²) < 4.78 is 53.3. The summed E-state index contributed by atoms with van der Waals surface area (Å²) in [7, 11) is -3.66. The van der Waals surface area contributed by atoms with Crippen molar-refractivity contribution in [3.05, 3.63) is 65.2 Å². The lowest BCUT2D eigenvalue weighted by molar-refractivity contribution is -0.120. The summed E-state index contributed by atoms with van der Waals surface area (Å²) >= 11 is 0. The molecule has 2 aromatic rings. The Hall–Kier alpha value is -2.85. The summed E-state index contributed by atoms with van der Waals surface area (Å²) in [6.45, 7) is 3.01. The molecule has 0 aliphatic carbocycles. The van der Waals surface area contributed by atoms with Crippen molar-refractivity contribution in [2.45, 2.75) is 31.3 Å². The molecule has 0 fully saturated rings. The standard InChI is InChI=1S/C19H21F2N3O4S/c1-12(2)24-29(27,28)15-5-3-4-13(8-15)10-22-18(25)11-23-19(26)16-7-6-14(20)9-17(16)21/h3-9,12,24H,10-11H2,1-2H3,(H,22,25)(H,23,26). The summed E-state index contributed by atoms with van der Waals surface area (Å²) in [6.07, 6.45) is 0. The second kappa shape index (κ2) is 9.57. The number of sulfonamides is 1. The molecule has 2 aromatic carbocycles. The fourth-order valence-electron chi connectivity index (χ4n) is 2.39. The lowest BCUT2D eigenvalue weighted by atomic mass is 10.2. The van der Waals surface area contributed by atoms with Crippen molar-refractivity contribution in [1.29, 1.82) is 0 Å². The minimum absolute atomic E-state index is 0.0324. The van der Waals surface area contributed by atoms with Gasteiger partial charge >= 0.3 is 0 Å². The van der Waals surface area contributed by atoms with Crippen LogP contribution in [0, 0.1) is 11.6 Å². The molecule has 0 spiro atoms. The topological polar surface area (TPSA) is 104 Å². The Bertz CT molecular complexity index is 1010. The number of halogens is 2. The molecule has 0 aliphatic rings. The lowest BCUT2D eigenvalue weighted by Gasteiger charge is -2.11. The Kier molecular flexibility index (Phi) is 7.40. The number of rotatable bonds is 8. The number of amides is 2. The van der Waals surface area contributed by atoms with Crippen LogP contribution in [0.15, 0.2) is 47.4 Å². The highest BCUT2D eigenvalue weighted by molar-refractivity contribution is 7.89. The van der Waals surface area contributed by atoms with Crippen LogP contribution in [0.5, 0.6) is 0 Å². The quantitative estimate of drug-likeness (QED) is 0.599. The third-order valence-corrected chi connectivity index (χ3v) is 5.33. The smallest absolute Gasteiger partial charge is 0.254 e. The van der Waals surface area contributed by atoms with Crippen LogP contribution < -0.4 is 15.4 Å². The molecule has 0 heterocycles. The van der Waals surface area contributed by atoms with E-state index in [1.54, 1.807) is 26.0 Å². The van der Waals surface area contributed by atoms with E-state index in [-0.39, 0.29) is 23.0 Å². The summed E-state index contributed by atoms with van der Waals surface area (Å²) in [5.41, 5.74) is 0.163. The molecule has 2 rings (SSSR count).